The Morgan fingerprint density at radius 1 is 1.41 bits per heavy atom. The summed E-state index contributed by atoms with van der Waals surface area (Å²) in [4.78, 5) is 10.7. The highest BCUT2D eigenvalue weighted by atomic mass is 19.4. The van der Waals surface area contributed by atoms with Crippen molar-refractivity contribution in [3.8, 4) is 0 Å². The Bertz CT molecular complexity index is 407. The maximum absolute atomic E-state index is 12.5. The van der Waals surface area contributed by atoms with Crippen LogP contribution in [0.25, 0.3) is 0 Å². The number of rotatable bonds is 4. The minimum absolute atomic E-state index is 0.347. The van der Waals surface area contributed by atoms with E-state index in [1.54, 1.807) is 0 Å². The van der Waals surface area contributed by atoms with E-state index in [1.807, 2.05) is 13.8 Å². The molecule has 1 rings (SSSR count). The number of nitrogens with zero attached hydrogens (tertiary/aromatic N) is 1. The smallest absolute Gasteiger partial charge is 0.418 e. The highest BCUT2D eigenvalue weighted by molar-refractivity contribution is 5.89. The molecule has 1 aromatic rings. The topological polar surface area (TPSA) is 42.2 Å². The normalized spacial score (nSPS) is 12.1. The van der Waals surface area contributed by atoms with Crippen molar-refractivity contribution in [3.63, 3.8) is 0 Å². The minimum Gasteiger partial charge on any atom is -0.478 e. The van der Waals surface area contributed by atoms with Crippen LogP contribution in [0.15, 0.2) is 12.4 Å². The van der Waals surface area contributed by atoms with E-state index in [1.165, 1.54) is 4.57 Å². The maximum atomic E-state index is 12.5. The van der Waals surface area contributed by atoms with Crippen molar-refractivity contribution < 1.29 is 23.1 Å². The van der Waals surface area contributed by atoms with E-state index in [0.717, 1.165) is 12.4 Å². The molecule has 0 unspecified atom stereocenters. The number of aryl methyl sites for hydroxylation is 1. The molecule has 0 saturated heterocycles. The molecule has 0 aliphatic rings. The average Bonchev–Trinajstić information content (AvgIpc) is 2.57. The van der Waals surface area contributed by atoms with Crippen LogP contribution in [0.5, 0.6) is 0 Å². The second kappa shape index (κ2) is 4.81. The Hall–Kier alpha value is -1.46. The van der Waals surface area contributed by atoms with E-state index in [0.29, 0.717) is 18.9 Å². The molecule has 0 aromatic carbocycles. The Balaban J connectivity index is 3.01. The molecule has 96 valence electrons. The van der Waals surface area contributed by atoms with E-state index in [-0.39, 0.29) is 0 Å². The number of aromatic nitrogens is 1. The van der Waals surface area contributed by atoms with Gasteiger partial charge in [0.05, 0.1) is 11.1 Å². The first-order chi connectivity index (χ1) is 7.71. The predicted molar refractivity (Wildman–Crippen MR) is 55.8 cm³/mol. The van der Waals surface area contributed by atoms with E-state index in [9.17, 15) is 18.0 Å². The number of carbonyl (C=O) groups is 1. The van der Waals surface area contributed by atoms with Gasteiger partial charge in [0.15, 0.2) is 0 Å². The van der Waals surface area contributed by atoms with Gasteiger partial charge in [0.1, 0.15) is 0 Å². The average molecular weight is 249 g/mol. The fraction of sp³-hybridized carbons (Fsp3) is 0.545. The van der Waals surface area contributed by atoms with Crippen LogP contribution >= 0.6 is 0 Å². The molecule has 0 radical (unpaired) electrons. The number of hydrogen-bond donors (Lipinski definition) is 1. The van der Waals surface area contributed by atoms with Gasteiger partial charge in [-0.3, -0.25) is 0 Å². The van der Waals surface area contributed by atoms with Gasteiger partial charge in [-0.05, 0) is 12.3 Å². The number of halogens is 3. The second-order valence-electron chi connectivity index (χ2n) is 4.31. The van der Waals surface area contributed by atoms with Crippen LogP contribution in [-0.4, -0.2) is 15.6 Å². The summed E-state index contributed by atoms with van der Waals surface area (Å²) >= 11 is 0. The SMILES string of the molecule is CC(C)CCn1cc(C(=O)O)c(C(F)(F)F)c1. The molecule has 0 spiro atoms. The van der Waals surface area contributed by atoms with Crippen LogP contribution < -0.4 is 0 Å². The molecule has 0 saturated carbocycles. The van der Waals surface area contributed by atoms with Crippen molar-refractivity contribution in [1.29, 1.82) is 0 Å². The summed E-state index contributed by atoms with van der Waals surface area (Å²) in [5.41, 5.74) is -1.78. The minimum atomic E-state index is -4.63. The predicted octanol–water partition coefficient (Wildman–Crippen LogP) is 3.25. The third kappa shape index (κ3) is 3.51. The summed E-state index contributed by atoms with van der Waals surface area (Å²) in [6, 6.07) is 0. The van der Waals surface area contributed by atoms with Crippen LogP contribution in [0.2, 0.25) is 0 Å². The monoisotopic (exact) mass is 249 g/mol. The van der Waals surface area contributed by atoms with Crippen molar-refractivity contribution in [2.45, 2.75) is 33.0 Å². The molecule has 6 heteroatoms. The molecular weight excluding hydrogens is 235 g/mol. The van der Waals surface area contributed by atoms with Crippen molar-refractivity contribution in [1.82, 2.24) is 4.57 Å². The molecule has 17 heavy (non-hydrogen) atoms. The zero-order valence-electron chi connectivity index (χ0n) is 9.58. The number of hydrogen-bond acceptors (Lipinski definition) is 1. The van der Waals surface area contributed by atoms with E-state index < -0.39 is 23.3 Å². The molecule has 3 nitrogen and oxygen atoms in total. The Labute approximate surface area is 96.9 Å². The van der Waals surface area contributed by atoms with Crippen LogP contribution in [0, 0.1) is 5.92 Å². The summed E-state index contributed by atoms with van der Waals surface area (Å²) in [6.45, 7) is 4.28. The highest BCUT2D eigenvalue weighted by Crippen LogP contribution is 2.32. The number of carboxylic acids is 1. The van der Waals surface area contributed by atoms with Gasteiger partial charge in [0, 0.05) is 18.9 Å². The molecular formula is C11H14F3NO2. The Morgan fingerprint density at radius 3 is 2.35 bits per heavy atom. The molecule has 0 atom stereocenters. The lowest BCUT2D eigenvalue weighted by atomic mass is 10.1. The number of carboxylic acid groups (broad SMARTS) is 1. The van der Waals surface area contributed by atoms with Gasteiger partial charge >= 0.3 is 12.1 Å². The summed E-state index contributed by atoms with van der Waals surface area (Å²) in [5.74, 6) is -1.21. The molecule has 0 aliphatic heterocycles. The fourth-order valence-corrected chi connectivity index (χ4v) is 1.44. The van der Waals surface area contributed by atoms with Crippen molar-refractivity contribution in [3.05, 3.63) is 23.5 Å². The van der Waals surface area contributed by atoms with Crippen LogP contribution in [0.3, 0.4) is 0 Å². The molecule has 1 N–H and O–H groups in total. The van der Waals surface area contributed by atoms with E-state index in [4.69, 9.17) is 5.11 Å². The molecule has 0 amide bonds. The van der Waals surface area contributed by atoms with E-state index >= 15 is 0 Å². The van der Waals surface area contributed by atoms with Gasteiger partial charge in [-0.2, -0.15) is 13.2 Å². The quantitative estimate of drug-likeness (QED) is 0.889. The lowest BCUT2D eigenvalue weighted by molar-refractivity contribution is -0.138. The summed E-state index contributed by atoms with van der Waals surface area (Å²) < 4.78 is 38.9. The molecule has 1 aromatic heterocycles. The molecule has 0 fully saturated rings. The van der Waals surface area contributed by atoms with Gasteiger partial charge < -0.3 is 9.67 Å². The Kier molecular flexibility index (Phi) is 3.85. The summed E-state index contributed by atoms with van der Waals surface area (Å²) in [7, 11) is 0. The van der Waals surface area contributed by atoms with Gasteiger partial charge in [-0.15, -0.1) is 0 Å². The first-order valence-corrected chi connectivity index (χ1v) is 5.22. The first kappa shape index (κ1) is 13.6. The van der Waals surface area contributed by atoms with Crippen molar-refractivity contribution >= 4 is 5.97 Å². The zero-order chi connectivity index (χ0) is 13.2. The van der Waals surface area contributed by atoms with Gasteiger partial charge in [-0.25, -0.2) is 4.79 Å². The molecule has 1 heterocycles. The van der Waals surface area contributed by atoms with Crippen molar-refractivity contribution in [2.24, 2.45) is 5.92 Å². The Morgan fingerprint density at radius 2 is 2.00 bits per heavy atom. The standard InChI is InChI=1S/C11H14F3NO2/c1-7(2)3-4-15-5-8(10(16)17)9(6-15)11(12,13)14/h5-7H,3-4H2,1-2H3,(H,16,17). The largest absolute Gasteiger partial charge is 0.478 e. The van der Waals surface area contributed by atoms with Crippen LogP contribution in [0.4, 0.5) is 13.2 Å². The number of aromatic carboxylic acids is 1. The fourth-order valence-electron chi connectivity index (χ4n) is 1.44. The third-order valence-corrected chi connectivity index (χ3v) is 2.38. The number of alkyl halides is 3. The lowest BCUT2D eigenvalue weighted by Gasteiger charge is -2.06. The zero-order valence-corrected chi connectivity index (χ0v) is 9.58. The van der Waals surface area contributed by atoms with E-state index in [2.05, 4.69) is 0 Å². The second-order valence-corrected chi connectivity index (χ2v) is 4.31. The third-order valence-electron chi connectivity index (χ3n) is 2.38. The lowest BCUT2D eigenvalue weighted by Crippen LogP contribution is -2.09. The summed E-state index contributed by atoms with van der Waals surface area (Å²) in [6.07, 6.45) is -2.04. The van der Waals surface area contributed by atoms with Crippen molar-refractivity contribution in [2.75, 3.05) is 0 Å². The summed E-state index contributed by atoms with van der Waals surface area (Å²) in [5, 5.41) is 8.71. The van der Waals surface area contributed by atoms with Gasteiger partial charge in [0.2, 0.25) is 0 Å². The first-order valence-electron chi connectivity index (χ1n) is 5.22. The highest BCUT2D eigenvalue weighted by Gasteiger charge is 2.36. The van der Waals surface area contributed by atoms with Crippen LogP contribution in [0.1, 0.15) is 36.2 Å². The van der Waals surface area contributed by atoms with Gasteiger partial charge in [-0.1, -0.05) is 13.8 Å². The molecule has 0 aliphatic carbocycles. The molecule has 0 bridgehead atoms. The maximum Gasteiger partial charge on any atom is 0.418 e. The van der Waals surface area contributed by atoms with Gasteiger partial charge in [0.25, 0.3) is 0 Å². The van der Waals surface area contributed by atoms with Crippen LogP contribution in [-0.2, 0) is 12.7 Å².